The van der Waals surface area contributed by atoms with Crippen molar-refractivity contribution in [1.82, 2.24) is 10.1 Å². The van der Waals surface area contributed by atoms with Crippen LogP contribution in [0.5, 0.6) is 5.75 Å². The Balaban J connectivity index is 2.06. The molecule has 0 aliphatic heterocycles. The van der Waals surface area contributed by atoms with E-state index in [2.05, 4.69) is 10.1 Å². The summed E-state index contributed by atoms with van der Waals surface area (Å²) >= 11 is 0. The number of hydrogen-bond donors (Lipinski definition) is 0. The first-order valence-corrected chi connectivity index (χ1v) is 6.24. The maximum Gasteiger partial charge on any atom is 0.308 e. The number of aromatic nitrogens is 2. The van der Waals surface area contributed by atoms with Crippen molar-refractivity contribution in [3.05, 3.63) is 30.2 Å². The fraction of sp³-hybridized carbons (Fsp3) is 0.357. The molecule has 2 aromatic rings. The van der Waals surface area contributed by atoms with Crippen LogP contribution in [0.3, 0.4) is 0 Å². The Bertz CT molecular complexity index is 592. The predicted molar refractivity (Wildman–Crippen MR) is 70.9 cm³/mol. The van der Waals surface area contributed by atoms with Crippen LogP contribution in [-0.4, -0.2) is 23.2 Å². The predicted octanol–water partition coefficient (Wildman–Crippen LogP) is 2.44. The van der Waals surface area contributed by atoms with E-state index in [1.165, 1.54) is 0 Å². The van der Waals surface area contributed by atoms with Crippen molar-refractivity contribution in [2.24, 2.45) is 5.92 Å². The third-order valence-electron chi connectivity index (χ3n) is 2.61. The van der Waals surface area contributed by atoms with Crippen LogP contribution in [0.2, 0.25) is 0 Å². The summed E-state index contributed by atoms with van der Waals surface area (Å²) in [7, 11) is 1.59. The van der Waals surface area contributed by atoms with Gasteiger partial charge in [-0.2, -0.15) is 4.98 Å². The summed E-state index contributed by atoms with van der Waals surface area (Å²) in [6.07, 6.45) is 0. The van der Waals surface area contributed by atoms with Gasteiger partial charge in [-0.15, -0.1) is 0 Å². The van der Waals surface area contributed by atoms with Gasteiger partial charge in [0.05, 0.1) is 13.0 Å². The minimum Gasteiger partial charge on any atom is -0.497 e. The van der Waals surface area contributed by atoms with Gasteiger partial charge in [0.2, 0.25) is 5.82 Å². The van der Waals surface area contributed by atoms with E-state index in [1.54, 1.807) is 27.0 Å². The number of ether oxygens (including phenoxy) is 2. The second-order valence-electron chi connectivity index (χ2n) is 4.51. The standard InChI is InChI=1S/C14H16N2O4/c1-9(2)14(17)19-8-12-15-13(16-20-12)10-5-4-6-11(7-10)18-3/h4-7,9H,8H2,1-3H3. The van der Waals surface area contributed by atoms with E-state index in [4.69, 9.17) is 14.0 Å². The quantitative estimate of drug-likeness (QED) is 0.781. The Morgan fingerprint density at radius 1 is 1.40 bits per heavy atom. The number of hydrogen-bond acceptors (Lipinski definition) is 6. The van der Waals surface area contributed by atoms with Crippen LogP contribution in [0.15, 0.2) is 28.8 Å². The zero-order valence-corrected chi connectivity index (χ0v) is 11.6. The van der Waals surface area contributed by atoms with Gasteiger partial charge < -0.3 is 14.0 Å². The summed E-state index contributed by atoms with van der Waals surface area (Å²) < 4.78 is 15.2. The number of carbonyl (C=O) groups excluding carboxylic acids is 1. The molecule has 0 saturated heterocycles. The molecular weight excluding hydrogens is 260 g/mol. The van der Waals surface area contributed by atoms with Crippen LogP contribution < -0.4 is 4.74 Å². The Hall–Kier alpha value is -2.37. The number of carbonyl (C=O) groups is 1. The molecule has 2 rings (SSSR count). The molecule has 0 aliphatic carbocycles. The first kappa shape index (κ1) is 14.0. The van der Waals surface area contributed by atoms with Gasteiger partial charge in [0.25, 0.3) is 5.89 Å². The SMILES string of the molecule is COc1cccc(-c2noc(COC(=O)C(C)C)n2)c1. The Kier molecular flexibility index (Phi) is 4.34. The van der Waals surface area contributed by atoms with Crippen molar-refractivity contribution in [2.45, 2.75) is 20.5 Å². The highest BCUT2D eigenvalue weighted by molar-refractivity contribution is 5.71. The van der Waals surface area contributed by atoms with Crippen molar-refractivity contribution in [2.75, 3.05) is 7.11 Å². The zero-order valence-electron chi connectivity index (χ0n) is 11.6. The number of rotatable bonds is 5. The normalized spacial score (nSPS) is 10.6. The van der Waals surface area contributed by atoms with Gasteiger partial charge in [0.1, 0.15) is 5.75 Å². The molecule has 0 atom stereocenters. The number of benzene rings is 1. The maximum atomic E-state index is 11.3. The second kappa shape index (κ2) is 6.18. The highest BCUT2D eigenvalue weighted by Gasteiger charge is 2.13. The topological polar surface area (TPSA) is 74.5 Å². The maximum absolute atomic E-state index is 11.3. The summed E-state index contributed by atoms with van der Waals surface area (Å²) in [5, 5.41) is 3.85. The smallest absolute Gasteiger partial charge is 0.308 e. The van der Waals surface area contributed by atoms with Crippen molar-refractivity contribution >= 4 is 5.97 Å². The Labute approximate surface area is 116 Å². The molecule has 0 saturated carbocycles. The summed E-state index contributed by atoms with van der Waals surface area (Å²) in [5.41, 5.74) is 0.773. The average molecular weight is 276 g/mol. The third kappa shape index (κ3) is 3.34. The highest BCUT2D eigenvalue weighted by Crippen LogP contribution is 2.21. The van der Waals surface area contributed by atoms with E-state index < -0.39 is 0 Å². The van der Waals surface area contributed by atoms with E-state index in [1.807, 2.05) is 18.2 Å². The highest BCUT2D eigenvalue weighted by atomic mass is 16.6. The van der Waals surface area contributed by atoms with Crippen LogP contribution in [0.4, 0.5) is 0 Å². The van der Waals surface area contributed by atoms with Gasteiger partial charge in [-0.05, 0) is 12.1 Å². The van der Waals surface area contributed by atoms with Crippen molar-refractivity contribution in [3.63, 3.8) is 0 Å². The van der Waals surface area contributed by atoms with Gasteiger partial charge in [0, 0.05) is 5.56 Å². The summed E-state index contributed by atoms with van der Waals surface area (Å²) in [4.78, 5) is 15.5. The minimum absolute atomic E-state index is 0.0199. The van der Waals surface area contributed by atoms with Crippen LogP contribution in [-0.2, 0) is 16.1 Å². The van der Waals surface area contributed by atoms with Crippen LogP contribution in [0.1, 0.15) is 19.7 Å². The lowest BCUT2D eigenvalue weighted by molar-refractivity contribution is -0.149. The number of nitrogens with zero attached hydrogens (tertiary/aromatic N) is 2. The molecule has 0 bridgehead atoms. The van der Waals surface area contributed by atoms with Gasteiger partial charge in [-0.3, -0.25) is 4.79 Å². The largest absolute Gasteiger partial charge is 0.497 e. The van der Waals surface area contributed by atoms with Crippen molar-refractivity contribution in [3.8, 4) is 17.1 Å². The number of methoxy groups -OCH3 is 1. The van der Waals surface area contributed by atoms with Crippen LogP contribution >= 0.6 is 0 Å². The van der Waals surface area contributed by atoms with Gasteiger partial charge in [-0.25, -0.2) is 0 Å². The molecule has 6 heteroatoms. The van der Waals surface area contributed by atoms with E-state index >= 15 is 0 Å². The fourth-order valence-corrected chi connectivity index (χ4v) is 1.49. The molecule has 0 fully saturated rings. The van der Waals surface area contributed by atoms with E-state index in [-0.39, 0.29) is 24.4 Å². The average Bonchev–Trinajstić information content (AvgIpc) is 2.93. The van der Waals surface area contributed by atoms with E-state index in [0.717, 1.165) is 5.56 Å². The fourth-order valence-electron chi connectivity index (χ4n) is 1.49. The summed E-state index contributed by atoms with van der Waals surface area (Å²) in [5.74, 6) is 0.915. The lowest BCUT2D eigenvalue weighted by atomic mass is 10.2. The first-order chi connectivity index (χ1) is 9.60. The molecule has 0 amide bonds. The summed E-state index contributed by atoms with van der Waals surface area (Å²) in [6, 6.07) is 7.31. The monoisotopic (exact) mass is 276 g/mol. The number of esters is 1. The second-order valence-corrected chi connectivity index (χ2v) is 4.51. The molecule has 1 aromatic heterocycles. The van der Waals surface area contributed by atoms with Crippen LogP contribution in [0, 0.1) is 5.92 Å². The molecule has 20 heavy (non-hydrogen) atoms. The molecular formula is C14H16N2O4. The Morgan fingerprint density at radius 3 is 2.90 bits per heavy atom. The molecule has 0 aliphatic rings. The van der Waals surface area contributed by atoms with Gasteiger partial charge >= 0.3 is 5.97 Å². The molecule has 6 nitrogen and oxygen atoms in total. The first-order valence-electron chi connectivity index (χ1n) is 6.24. The van der Waals surface area contributed by atoms with E-state index in [0.29, 0.717) is 11.6 Å². The van der Waals surface area contributed by atoms with Gasteiger partial charge in [0.15, 0.2) is 6.61 Å². The lowest BCUT2D eigenvalue weighted by Crippen LogP contribution is -2.11. The molecule has 0 spiro atoms. The molecule has 1 aromatic carbocycles. The molecule has 0 radical (unpaired) electrons. The van der Waals surface area contributed by atoms with Crippen LogP contribution in [0.25, 0.3) is 11.4 Å². The van der Waals surface area contributed by atoms with E-state index in [9.17, 15) is 4.79 Å². The zero-order chi connectivity index (χ0) is 14.5. The summed E-state index contributed by atoms with van der Waals surface area (Å²) in [6.45, 7) is 3.50. The molecule has 0 unspecified atom stereocenters. The molecule has 1 heterocycles. The molecule has 0 N–H and O–H groups in total. The van der Waals surface area contributed by atoms with Crippen molar-refractivity contribution < 1.29 is 18.8 Å². The molecule has 106 valence electrons. The Morgan fingerprint density at radius 2 is 2.20 bits per heavy atom. The minimum atomic E-state index is -0.300. The third-order valence-corrected chi connectivity index (χ3v) is 2.61. The lowest BCUT2D eigenvalue weighted by Gasteiger charge is -2.03. The van der Waals surface area contributed by atoms with Gasteiger partial charge in [-0.1, -0.05) is 31.1 Å². The van der Waals surface area contributed by atoms with Crippen molar-refractivity contribution in [1.29, 1.82) is 0 Å².